The number of hydrogen-bond acceptors (Lipinski definition) is 4. The van der Waals surface area contributed by atoms with Crippen LogP contribution < -0.4 is 0 Å². The maximum Gasteiger partial charge on any atom is 0.486 e. The van der Waals surface area contributed by atoms with Crippen LogP contribution in [0, 0.1) is 0 Å². The van der Waals surface area contributed by atoms with Gasteiger partial charge >= 0.3 is 15.6 Å². The van der Waals surface area contributed by atoms with Crippen molar-refractivity contribution in [1.82, 2.24) is 0 Å². The molecule has 0 aromatic carbocycles. The molecule has 12 heteroatoms. The van der Waals surface area contributed by atoms with Crippen molar-refractivity contribution in [3.8, 4) is 0 Å². The first-order chi connectivity index (χ1) is 5.12. The standard InChI is InChI=1S/2ClH2O4P/c2*1-5-6(2,3)4/h2*(H2,2,3,4). The third-order valence-electron chi connectivity index (χ3n) is 0.180. The topological polar surface area (TPSA) is 134 Å². The lowest BCUT2D eigenvalue weighted by Gasteiger charge is -1.89. The van der Waals surface area contributed by atoms with Crippen molar-refractivity contribution in [2.45, 2.75) is 0 Å². The fraction of sp³-hybridized carbons (Fsp3) is 0. The van der Waals surface area contributed by atoms with Crippen LogP contribution in [0.2, 0.25) is 0 Å². The number of hydrogen-bond donors (Lipinski definition) is 4. The minimum atomic E-state index is -4.38. The predicted octanol–water partition coefficient (Wildman–Crippen LogP) is 0.499. The minimum Gasteiger partial charge on any atom is -0.302 e. The highest BCUT2D eigenvalue weighted by Gasteiger charge is 2.10. The van der Waals surface area contributed by atoms with E-state index in [0.29, 0.717) is 0 Å². The van der Waals surface area contributed by atoms with E-state index in [2.05, 4.69) is 31.9 Å². The minimum absolute atomic E-state index is 3.08. The highest BCUT2D eigenvalue weighted by molar-refractivity contribution is 7.47. The van der Waals surface area contributed by atoms with E-state index >= 15 is 0 Å². The van der Waals surface area contributed by atoms with E-state index in [0.717, 1.165) is 0 Å². The second kappa shape index (κ2) is 6.28. The fourth-order valence-corrected chi connectivity index (χ4v) is 0. The van der Waals surface area contributed by atoms with Crippen LogP contribution in [0.5, 0.6) is 0 Å². The summed E-state index contributed by atoms with van der Waals surface area (Å²) >= 11 is 8.43. The lowest BCUT2D eigenvalue weighted by molar-refractivity contribution is 0.290. The first-order valence-corrected chi connectivity index (χ1v) is 5.52. The zero-order valence-electron chi connectivity index (χ0n) is 5.07. The van der Waals surface area contributed by atoms with Crippen LogP contribution in [0.4, 0.5) is 0 Å². The van der Waals surface area contributed by atoms with Crippen LogP contribution in [-0.2, 0) is 17.3 Å². The summed E-state index contributed by atoms with van der Waals surface area (Å²) < 4.78 is 24.8. The number of halogens is 2. The van der Waals surface area contributed by atoms with Gasteiger partial charge in [0.15, 0.2) is 0 Å². The Bertz CT molecular complexity index is 165. The quantitative estimate of drug-likeness (QED) is 0.530. The van der Waals surface area contributed by atoms with E-state index < -0.39 is 15.6 Å². The van der Waals surface area contributed by atoms with Crippen molar-refractivity contribution in [3.63, 3.8) is 0 Å². The van der Waals surface area contributed by atoms with Gasteiger partial charge in [0.2, 0.25) is 0 Å². The summed E-state index contributed by atoms with van der Waals surface area (Å²) in [5.74, 6) is 0. The van der Waals surface area contributed by atoms with E-state index in [1.165, 1.54) is 0 Å². The van der Waals surface area contributed by atoms with Gasteiger partial charge in [-0.3, -0.25) is 0 Å². The summed E-state index contributed by atoms with van der Waals surface area (Å²) in [5.41, 5.74) is 0. The molecule has 0 aromatic rings. The second-order valence-corrected chi connectivity index (χ2v) is 4.19. The Morgan fingerprint density at radius 3 is 0.917 bits per heavy atom. The van der Waals surface area contributed by atoms with Crippen LogP contribution in [0.25, 0.3) is 0 Å². The second-order valence-electron chi connectivity index (χ2n) is 1.12. The smallest absolute Gasteiger partial charge is 0.302 e. The number of rotatable bonds is 2. The Morgan fingerprint density at radius 1 is 0.833 bits per heavy atom. The third kappa shape index (κ3) is 22.4. The molecule has 0 fully saturated rings. The highest BCUT2D eigenvalue weighted by Crippen LogP contribution is 2.37. The maximum absolute atomic E-state index is 9.34. The lowest BCUT2D eigenvalue weighted by Crippen LogP contribution is -1.70. The Kier molecular flexibility index (Phi) is 8.00. The molecular formula is H4Cl2O8P2. The molecule has 0 atom stereocenters. The summed E-state index contributed by atoms with van der Waals surface area (Å²) in [6.07, 6.45) is 0. The Balaban J connectivity index is 0. The van der Waals surface area contributed by atoms with Gasteiger partial charge in [0, 0.05) is 0 Å². The van der Waals surface area contributed by atoms with Gasteiger partial charge in [-0.05, 0) is 0 Å². The first kappa shape index (κ1) is 15.3. The summed E-state index contributed by atoms with van der Waals surface area (Å²) in [7, 11) is -8.76. The molecule has 4 N–H and O–H groups in total. The molecule has 0 aliphatic carbocycles. The molecule has 0 unspecified atom stereocenters. The Hall–Kier alpha value is 0.800. The Morgan fingerprint density at radius 2 is 0.917 bits per heavy atom. The zero-order valence-corrected chi connectivity index (χ0v) is 8.37. The van der Waals surface area contributed by atoms with Crippen molar-refractivity contribution >= 4 is 39.4 Å². The number of phosphoric acid groups is 2. The van der Waals surface area contributed by atoms with Crippen LogP contribution in [0.1, 0.15) is 0 Å². The van der Waals surface area contributed by atoms with Gasteiger partial charge in [-0.25, -0.2) is 9.13 Å². The molecule has 0 aliphatic heterocycles. The lowest BCUT2D eigenvalue weighted by atomic mass is 15.8. The first-order valence-electron chi connectivity index (χ1n) is 1.84. The predicted molar refractivity (Wildman–Crippen MR) is 38.0 cm³/mol. The van der Waals surface area contributed by atoms with Crippen LogP contribution in [-0.4, -0.2) is 19.6 Å². The van der Waals surface area contributed by atoms with Crippen molar-refractivity contribution < 1.29 is 36.9 Å². The monoisotopic (exact) mass is 264 g/mol. The average Bonchev–Trinajstić information content (AvgIpc) is 1.86. The van der Waals surface area contributed by atoms with Gasteiger partial charge in [-0.2, -0.15) is 8.15 Å². The molecule has 0 rings (SSSR count). The summed E-state index contributed by atoms with van der Waals surface area (Å²) in [4.78, 5) is 30.3. The molecule has 0 bridgehead atoms. The molecule has 0 heterocycles. The normalized spacial score (nSPS) is 11.8. The molecule has 0 spiro atoms. The molecule has 0 saturated carbocycles. The van der Waals surface area contributed by atoms with Crippen LogP contribution >= 0.6 is 39.4 Å². The summed E-state index contributed by atoms with van der Waals surface area (Å²) in [5, 5.41) is 0. The molecule has 12 heavy (non-hydrogen) atoms. The summed E-state index contributed by atoms with van der Waals surface area (Å²) in [6, 6.07) is 0. The maximum atomic E-state index is 9.34. The largest absolute Gasteiger partial charge is 0.486 e. The van der Waals surface area contributed by atoms with Gasteiger partial charge in [0.25, 0.3) is 0 Å². The molecule has 76 valence electrons. The molecule has 8 nitrogen and oxygen atoms in total. The van der Waals surface area contributed by atoms with Crippen LogP contribution in [0.15, 0.2) is 0 Å². The van der Waals surface area contributed by atoms with E-state index in [1.54, 1.807) is 0 Å². The third-order valence-corrected chi connectivity index (χ3v) is 1.62. The fourth-order valence-electron chi connectivity index (χ4n) is 0. The molecule has 0 amide bonds. The molecule has 0 radical (unpaired) electrons. The van der Waals surface area contributed by atoms with Crippen LogP contribution in [0.3, 0.4) is 0 Å². The van der Waals surface area contributed by atoms with E-state index in [9.17, 15) is 9.13 Å². The average molecular weight is 265 g/mol. The van der Waals surface area contributed by atoms with E-state index in [-0.39, 0.29) is 0 Å². The van der Waals surface area contributed by atoms with Gasteiger partial charge in [0.1, 0.15) is 0 Å². The van der Waals surface area contributed by atoms with Gasteiger partial charge in [-0.15, -0.1) is 0 Å². The van der Waals surface area contributed by atoms with Crippen molar-refractivity contribution in [3.05, 3.63) is 0 Å². The highest BCUT2D eigenvalue weighted by atomic mass is 35.5. The van der Waals surface area contributed by atoms with E-state index in [1.807, 2.05) is 0 Å². The summed E-state index contributed by atoms with van der Waals surface area (Å²) in [6.45, 7) is 0. The van der Waals surface area contributed by atoms with Crippen molar-refractivity contribution in [2.24, 2.45) is 0 Å². The zero-order chi connectivity index (χ0) is 10.4. The van der Waals surface area contributed by atoms with Gasteiger partial charge in [0.05, 0.1) is 23.7 Å². The van der Waals surface area contributed by atoms with Gasteiger partial charge < -0.3 is 19.6 Å². The SMILES string of the molecule is O=P(O)(O)OCl.O=P(O)(O)OCl. The molecule has 0 saturated heterocycles. The van der Waals surface area contributed by atoms with Crippen molar-refractivity contribution in [2.75, 3.05) is 0 Å². The van der Waals surface area contributed by atoms with Gasteiger partial charge in [-0.1, -0.05) is 0 Å². The molecule has 0 aromatic heterocycles. The molecular weight excluding hydrogens is 261 g/mol. The Labute approximate surface area is 76.8 Å². The van der Waals surface area contributed by atoms with E-state index in [4.69, 9.17) is 19.6 Å². The van der Waals surface area contributed by atoms with Crippen molar-refractivity contribution in [1.29, 1.82) is 0 Å². The molecule has 0 aliphatic rings.